The number of carbonyl (C=O) groups is 3. The first kappa shape index (κ1) is 24.8. The second-order valence-electron chi connectivity index (χ2n) is 10.0. The van der Waals surface area contributed by atoms with E-state index in [0.29, 0.717) is 32.4 Å². The predicted octanol–water partition coefficient (Wildman–Crippen LogP) is 4.51. The predicted molar refractivity (Wildman–Crippen MR) is 133 cm³/mol. The number of likely N-dealkylation sites (tertiary alicyclic amines) is 1. The van der Waals surface area contributed by atoms with E-state index in [9.17, 15) is 19.5 Å². The molecule has 1 heterocycles. The summed E-state index contributed by atoms with van der Waals surface area (Å²) in [4.78, 5) is 38.0. The number of piperidine rings is 1. The van der Waals surface area contributed by atoms with Crippen LogP contribution in [-0.4, -0.2) is 54.2 Å². The number of benzene rings is 2. The van der Waals surface area contributed by atoms with Crippen molar-refractivity contribution in [2.45, 2.75) is 39.0 Å². The Morgan fingerprint density at radius 2 is 1.69 bits per heavy atom. The second kappa shape index (κ2) is 10.9. The van der Waals surface area contributed by atoms with Crippen molar-refractivity contribution in [3.8, 4) is 11.1 Å². The normalized spacial score (nSPS) is 20.0. The van der Waals surface area contributed by atoms with Gasteiger partial charge >= 0.3 is 12.1 Å². The highest BCUT2D eigenvalue weighted by Crippen LogP contribution is 2.44. The van der Waals surface area contributed by atoms with Crippen LogP contribution < -0.4 is 5.32 Å². The lowest BCUT2D eigenvalue weighted by molar-refractivity contribution is -0.147. The fraction of sp³-hybridized carbons (Fsp3) is 0.464. The Labute approximate surface area is 206 Å². The number of amides is 2. The van der Waals surface area contributed by atoms with Gasteiger partial charge < -0.3 is 20.1 Å². The maximum absolute atomic E-state index is 12.6. The lowest BCUT2D eigenvalue weighted by Crippen LogP contribution is -2.45. The van der Waals surface area contributed by atoms with Gasteiger partial charge in [-0.15, -0.1) is 0 Å². The fourth-order valence-corrected chi connectivity index (χ4v) is 5.27. The molecule has 1 aliphatic heterocycles. The van der Waals surface area contributed by atoms with E-state index in [1.807, 2.05) is 38.1 Å². The number of nitrogens with zero attached hydrogens (tertiary/aromatic N) is 1. The monoisotopic (exact) mass is 478 g/mol. The van der Waals surface area contributed by atoms with Crippen LogP contribution in [0.1, 0.15) is 50.2 Å². The van der Waals surface area contributed by atoms with E-state index in [1.54, 1.807) is 4.90 Å². The standard InChI is InChI=1S/C28H34N2O5/c1-18(11-12-26(31)30-15-19(2)13-20(16-30)27(32)33)14-29-28(34)35-17-25-23-9-5-3-7-21(23)22-8-4-6-10-24(22)25/h3-10,18-20,25H,11-17H2,1-2H3,(H,29,34)(H,32,33). The first-order valence-electron chi connectivity index (χ1n) is 12.4. The van der Waals surface area contributed by atoms with Gasteiger partial charge in [-0.05, 0) is 46.9 Å². The quantitative estimate of drug-likeness (QED) is 0.582. The zero-order chi connectivity index (χ0) is 24.9. The van der Waals surface area contributed by atoms with Crippen LogP contribution in [0.2, 0.25) is 0 Å². The molecule has 2 amide bonds. The molecule has 0 saturated carbocycles. The third-order valence-electron chi connectivity index (χ3n) is 7.15. The number of nitrogens with one attached hydrogen (secondary N) is 1. The largest absolute Gasteiger partial charge is 0.481 e. The summed E-state index contributed by atoms with van der Waals surface area (Å²) in [6.07, 6.45) is 1.11. The zero-order valence-corrected chi connectivity index (χ0v) is 20.4. The van der Waals surface area contributed by atoms with Crippen molar-refractivity contribution in [3.63, 3.8) is 0 Å². The van der Waals surface area contributed by atoms with Crippen LogP contribution in [0.5, 0.6) is 0 Å². The van der Waals surface area contributed by atoms with Gasteiger partial charge in [0.05, 0.1) is 5.92 Å². The summed E-state index contributed by atoms with van der Waals surface area (Å²) in [5, 5.41) is 12.1. The van der Waals surface area contributed by atoms with Gasteiger partial charge in [0, 0.05) is 32.0 Å². The van der Waals surface area contributed by atoms with E-state index in [-0.39, 0.29) is 36.8 Å². The highest BCUT2D eigenvalue weighted by molar-refractivity contribution is 5.79. The number of ether oxygens (including phenoxy) is 1. The molecule has 3 unspecified atom stereocenters. The highest BCUT2D eigenvalue weighted by atomic mass is 16.5. The number of carboxylic acid groups (broad SMARTS) is 1. The average Bonchev–Trinajstić information content (AvgIpc) is 3.18. The molecule has 0 radical (unpaired) electrons. The van der Waals surface area contributed by atoms with Crippen molar-refractivity contribution in [2.24, 2.45) is 17.8 Å². The molecule has 0 bridgehead atoms. The van der Waals surface area contributed by atoms with Gasteiger partial charge in [-0.1, -0.05) is 62.4 Å². The molecule has 0 spiro atoms. The molecule has 2 aromatic rings. The van der Waals surface area contributed by atoms with Crippen LogP contribution in [0.3, 0.4) is 0 Å². The first-order chi connectivity index (χ1) is 16.8. The van der Waals surface area contributed by atoms with Gasteiger partial charge in [-0.3, -0.25) is 9.59 Å². The maximum Gasteiger partial charge on any atom is 0.407 e. The summed E-state index contributed by atoms with van der Waals surface area (Å²) in [5.74, 6) is -1.05. The number of carbonyl (C=O) groups excluding carboxylic acids is 2. The minimum absolute atomic E-state index is 0.0178. The van der Waals surface area contributed by atoms with Crippen molar-refractivity contribution >= 4 is 18.0 Å². The molecular formula is C28H34N2O5. The molecule has 2 N–H and O–H groups in total. The fourth-order valence-electron chi connectivity index (χ4n) is 5.27. The Morgan fingerprint density at radius 1 is 1.06 bits per heavy atom. The Hall–Kier alpha value is -3.35. The highest BCUT2D eigenvalue weighted by Gasteiger charge is 2.32. The SMILES string of the molecule is CC(CCC(=O)N1CC(C)CC(C(=O)O)C1)CNC(=O)OCC1c2ccccc2-c2ccccc21. The Balaban J connectivity index is 1.21. The smallest absolute Gasteiger partial charge is 0.407 e. The summed E-state index contributed by atoms with van der Waals surface area (Å²) in [5.41, 5.74) is 4.72. The van der Waals surface area contributed by atoms with Crippen LogP contribution in [0.25, 0.3) is 11.1 Å². The minimum Gasteiger partial charge on any atom is -0.481 e. The Kier molecular flexibility index (Phi) is 7.73. The molecule has 186 valence electrons. The average molecular weight is 479 g/mol. The van der Waals surface area contributed by atoms with Gasteiger partial charge in [0.2, 0.25) is 5.91 Å². The van der Waals surface area contributed by atoms with E-state index >= 15 is 0 Å². The Bertz CT molecular complexity index is 1040. The van der Waals surface area contributed by atoms with Gasteiger partial charge in [0.15, 0.2) is 0 Å². The van der Waals surface area contributed by atoms with E-state index in [1.165, 1.54) is 22.3 Å². The number of fused-ring (bicyclic) bond motifs is 3. The molecule has 2 aromatic carbocycles. The molecule has 7 nitrogen and oxygen atoms in total. The first-order valence-corrected chi connectivity index (χ1v) is 12.4. The number of hydrogen-bond donors (Lipinski definition) is 2. The van der Waals surface area contributed by atoms with Crippen molar-refractivity contribution in [3.05, 3.63) is 59.7 Å². The molecule has 35 heavy (non-hydrogen) atoms. The number of hydrogen-bond acceptors (Lipinski definition) is 4. The summed E-state index contributed by atoms with van der Waals surface area (Å²) >= 11 is 0. The van der Waals surface area contributed by atoms with Crippen molar-refractivity contribution in [1.29, 1.82) is 0 Å². The molecule has 0 aromatic heterocycles. The minimum atomic E-state index is -0.838. The van der Waals surface area contributed by atoms with E-state index in [0.717, 1.165) is 0 Å². The van der Waals surface area contributed by atoms with Gasteiger partial charge in [0.25, 0.3) is 0 Å². The van der Waals surface area contributed by atoms with Gasteiger partial charge in [0.1, 0.15) is 6.61 Å². The van der Waals surface area contributed by atoms with Crippen LogP contribution in [0.15, 0.2) is 48.5 Å². The number of rotatable bonds is 8. The third-order valence-corrected chi connectivity index (χ3v) is 7.15. The number of aliphatic carboxylic acids is 1. The lowest BCUT2D eigenvalue weighted by atomic mass is 9.90. The van der Waals surface area contributed by atoms with Crippen molar-refractivity contribution < 1.29 is 24.2 Å². The van der Waals surface area contributed by atoms with Crippen molar-refractivity contribution in [2.75, 3.05) is 26.2 Å². The number of alkyl carbamates (subject to hydrolysis) is 1. The summed E-state index contributed by atoms with van der Waals surface area (Å²) in [7, 11) is 0. The van der Waals surface area contributed by atoms with Crippen LogP contribution in [0, 0.1) is 17.8 Å². The van der Waals surface area contributed by atoms with E-state index in [2.05, 4.69) is 29.6 Å². The third kappa shape index (κ3) is 5.84. The van der Waals surface area contributed by atoms with Crippen molar-refractivity contribution in [1.82, 2.24) is 10.2 Å². The molecule has 4 rings (SSSR count). The van der Waals surface area contributed by atoms with Crippen LogP contribution in [0.4, 0.5) is 4.79 Å². The summed E-state index contributed by atoms with van der Waals surface area (Å²) in [6, 6.07) is 16.4. The second-order valence-corrected chi connectivity index (χ2v) is 10.0. The molecule has 2 aliphatic rings. The lowest BCUT2D eigenvalue weighted by Gasteiger charge is -2.35. The zero-order valence-electron chi connectivity index (χ0n) is 20.4. The maximum atomic E-state index is 12.6. The summed E-state index contributed by atoms with van der Waals surface area (Å²) in [6.45, 7) is 5.54. The van der Waals surface area contributed by atoms with E-state index < -0.39 is 18.0 Å². The number of carboxylic acids is 1. The van der Waals surface area contributed by atoms with Gasteiger partial charge in [-0.25, -0.2) is 4.79 Å². The molecule has 1 aliphatic carbocycles. The van der Waals surface area contributed by atoms with E-state index in [4.69, 9.17) is 4.74 Å². The molecule has 1 saturated heterocycles. The molecule has 7 heteroatoms. The summed E-state index contributed by atoms with van der Waals surface area (Å²) < 4.78 is 5.58. The van der Waals surface area contributed by atoms with Crippen LogP contribution >= 0.6 is 0 Å². The van der Waals surface area contributed by atoms with Crippen LogP contribution in [-0.2, 0) is 14.3 Å². The molecule has 3 atom stereocenters. The Morgan fingerprint density at radius 3 is 2.31 bits per heavy atom. The van der Waals surface area contributed by atoms with Gasteiger partial charge in [-0.2, -0.15) is 0 Å². The topological polar surface area (TPSA) is 95.9 Å². The molecular weight excluding hydrogens is 444 g/mol. The molecule has 1 fully saturated rings.